The summed E-state index contributed by atoms with van der Waals surface area (Å²) >= 11 is 0. The summed E-state index contributed by atoms with van der Waals surface area (Å²) in [7, 11) is 0. The highest BCUT2D eigenvalue weighted by Gasteiger charge is 2.17. The smallest absolute Gasteiger partial charge is 0.0862 e. The van der Waals surface area contributed by atoms with Crippen molar-refractivity contribution in [1.29, 1.82) is 0 Å². The van der Waals surface area contributed by atoms with Gasteiger partial charge in [-0.1, -0.05) is 12.8 Å². The molecule has 1 aromatic rings. The summed E-state index contributed by atoms with van der Waals surface area (Å²) in [6.45, 7) is 3.19. The molecule has 5 nitrogen and oxygen atoms in total. The monoisotopic (exact) mass is 252 g/mol. The number of rotatable bonds is 4. The Bertz CT molecular complexity index is 328. The Balaban J connectivity index is 1.79. The van der Waals surface area contributed by atoms with E-state index in [-0.39, 0.29) is 12.1 Å². The Morgan fingerprint density at radius 2 is 2.22 bits per heavy atom. The zero-order valence-electron chi connectivity index (χ0n) is 10.9. The minimum Gasteiger partial charge on any atom is -0.390 e. The van der Waals surface area contributed by atoms with Crippen LogP contribution in [0.15, 0.2) is 18.5 Å². The Labute approximate surface area is 109 Å². The van der Waals surface area contributed by atoms with E-state index in [9.17, 15) is 5.11 Å². The third-order valence-electron chi connectivity index (χ3n) is 3.47. The minimum absolute atomic E-state index is 0.252. The molecule has 102 valence electrons. The first kappa shape index (κ1) is 13.5. The molecule has 0 saturated carbocycles. The first-order valence-corrected chi connectivity index (χ1v) is 6.87. The van der Waals surface area contributed by atoms with Crippen LogP contribution in [0.5, 0.6) is 0 Å². The summed E-state index contributed by atoms with van der Waals surface area (Å²) in [5, 5.41) is 14.2. The molecular formula is C13H24N4O. The third kappa shape index (κ3) is 4.40. The van der Waals surface area contributed by atoms with Crippen LogP contribution < -0.4 is 5.73 Å². The maximum atomic E-state index is 10.1. The van der Waals surface area contributed by atoms with Gasteiger partial charge in [0.25, 0.3) is 0 Å². The molecule has 3 N–H and O–H groups in total. The zero-order chi connectivity index (χ0) is 12.8. The van der Waals surface area contributed by atoms with Crippen molar-refractivity contribution in [3.8, 4) is 0 Å². The van der Waals surface area contributed by atoms with E-state index in [1.807, 2.05) is 12.3 Å². The molecule has 0 aromatic carbocycles. The van der Waals surface area contributed by atoms with Crippen molar-refractivity contribution in [3.63, 3.8) is 0 Å². The lowest BCUT2D eigenvalue weighted by molar-refractivity contribution is 0.0878. The molecule has 18 heavy (non-hydrogen) atoms. The van der Waals surface area contributed by atoms with E-state index in [1.165, 1.54) is 19.3 Å². The second kappa shape index (κ2) is 6.87. The molecule has 2 heterocycles. The van der Waals surface area contributed by atoms with E-state index in [0.717, 1.165) is 19.5 Å². The molecule has 0 amide bonds. The molecule has 0 bridgehead atoms. The van der Waals surface area contributed by atoms with Gasteiger partial charge in [-0.3, -0.25) is 9.58 Å². The van der Waals surface area contributed by atoms with Crippen molar-refractivity contribution in [1.82, 2.24) is 14.7 Å². The fraction of sp³-hybridized carbons (Fsp3) is 0.769. The largest absolute Gasteiger partial charge is 0.390 e. The van der Waals surface area contributed by atoms with E-state index in [1.54, 1.807) is 10.9 Å². The Kier molecular flexibility index (Phi) is 5.16. The molecule has 2 atom stereocenters. The van der Waals surface area contributed by atoms with Crippen LogP contribution in [0.3, 0.4) is 0 Å². The molecule has 0 aliphatic carbocycles. The summed E-state index contributed by atoms with van der Waals surface area (Å²) in [6.07, 6.45) is 8.04. The molecule has 2 rings (SSSR count). The number of likely N-dealkylation sites (tertiary alicyclic amines) is 1. The molecule has 2 unspecified atom stereocenters. The predicted molar refractivity (Wildman–Crippen MR) is 71.1 cm³/mol. The zero-order valence-corrected chi connectivity index (χ0v) is 10.9. The molecule has 1 aliphatic rings. The number of nitrogens with two attached hydrogens (primary N) is 1. The van der Waals surface area contributed by atoms with Crippen LogP contribution in [0.25, 0.3) is 0 Å². The highest BCUT2D eigenvalue weighted by Crippen LogP contribution is 2.10. The number of nitrogens with zero attached hydrogens (tertiary/aromatic N) is 3. The van der Waals surface area contributed by atoms with Gasteiger partial charge in [0.2, 0.25) is 0 Å². The van der Waals surface area contributed by atoms with E-state index in [2.05, 4.69) is 10.00 Å². The average Bonchev–Trinajstić information content (AvgIpc) is 2.78. The molecule has 1 aromatic heterocycles. The summed E-state index contributed by atoms with van der Waals surface area (Å²) < 4.78 is 1.77. The normalized spacial score (nSPS) is 24.4. The number of aliphatic hydroxyl groups is 1. The van der Waals surface area contributed by atoms with Gasteiger partial charge in [0.05, 0.1) is 12.6 Å². The van der Waals surface area contributed by atoms with E-state index in [4.69, 9.17) is 5.73 Å². The average molecular weight is 252 g/mol. The van der Waals surface area contributed by atoms with Crippen LogP contribution in [-0.4, -0.2) is 51.6 Å². The van der Waals surface area contributed by atoms with Gasteiger partial charge in [-0.25, -0.2) is 0 Å². The van der Waals surface area contributed by atoms with Crippen LogP contribution >= 0.6 is 0 Å². The van der Waals surface area contributed by atoms with Gasteiger partial charge >= 0.3 is 0 Å². The highest BCUT2D eigenvalue weighted by atomic mass is 16.3. The van der Waals surface area contributed by atoms with Crippen molar-refractivity contribution in [2.24, 2.45) is 5.73 Å². The van der Waals surface area contributed by atoms with E-state index >= 15 is 0 Å². The van der Waals surface area contributed by atoms with Gasteiger partial charge in [0, 0.05) is 31.5 Å². The molecule has 0 spiro atoms. The van der Waals surface area contributed by atoms with Gasteiger partial charge < -0.3 is 10.8 Å². The van der Waals surface area contributed by atoms with Crippen molar-refractivity contribution in [2.75, 3.05) is 19.6 Å². The van der Waals surface area contributed by atoms with Crippen molar-refractivity contribution in [3.05, 3.63) is 18.5 Å². The van der Waals surface area contributed by atoms with Crippen molar-refractivity contribution in [2.45, 2.75) is 44.4 Å². The highest BCUT2D eigenvalue weighted by molar-refractivity contribution is 4.80. The number of aliphatic hydroxyl groups excluding tert-OH is 1. The first-order valence-electron chi connectivity index (χ1n) is 6.87. The summed E-state index contributed by atoms with van der Waals surface area (Å²) in [5.41, 5.74) is 6.07. The summed E-state index contributed by atoms with van der Waals surface area (Å²) in [4.78, 5) is 2.29. The lowest BCUT2D eigenvalue weighted by atomic mass is 10.0. The van der Waals surface area contributed by atoms with Crippen LogP contribution in [0.2, 0.25) is 0 Å². The summed E-state index contributed by atoms with van der Waals surface area (Å²) in [6, 6.07) is 2.13. The van der Waals surface area contributed by atoms with Crippen molar-refractivity contribution < 1.29 is 5.11 Å². The maximum absolute atomic E-state index is 10.1. The maximum Gasteiger partial charge on any atom is 0.0862 e. The number of hydrogen-bond donors (Lipinski definition) is 2. The Morgan fingerprint density at radius 1 is 1.33 bits per heavy atom. The molecular weight excluding hydrogens is 228 g/mol. The van der Waals surface area contributed by atoms with Gasteiger partial charge in [-0.15, -0.1) is 0 Å². The fourth-order valence-electron chi connectivity index (χ4n) is 2.58. The molecule has 1 fully saturated rings. The lowest BCUT2D eigenvalue weighted by Gasteiger charge is -2.29. The number of aromatic nitrogens is 2. The molecule has 0 radical (unpaired) electrons. The van der Waals surface area contributed by atoms with Gasteiger partial charge in [-0.2, -0.15) is 5.10 Å². The van der Waals surface area contributed by atoms with Crippen LogP contribution in [0, 0.1) is 0 Å². The quantitative estimate of drug-likeness (QED) is 0.816. The second-order valence-electron chi connectivity index (χ2n) is 5.25. The Morgan fingerprint density at radius 3 is 3.00 bits per heavy atom. The van der Waals surface area contributed by atoms with Crippen LogP contribution in [-0.2, 0) is 6.54 Å². The number of β-amino-alcohol motifs (C(OH)–C–C–N with tert-alkyl or cyclic N) is 1. The molecule has 1 aliphatic heterocycles. The van der Waals surface area contributed by atoms with E-state index < -0.39 is 0 Å². The van der Waals surface area contributed by atoms with Crippen LogP contribution in [0.4, 0.5) is 0 Å². The first-order chi connectivity index (χ1) is 8.74. The summed E-state index contributed by atoms with van der Waals surface area (Å²) in [5.74, 6) is 0. The van der Waals surface area contributed by atoms with E-state index in [0.29, 0.717) is 13.1 Å². The second-order valence-corrected chi connectivity index (χ2v) is 5.25. The standard InChI is InChI=1S/C13H24N4O/c14-12-5-2-1-3-7-16(9-12)10-13(18)11-17-8-4-6-15-17/h4,6,8,12-13,18H,1-3,5,7,9-11,14H2. The van der Waals surface area contributed by atoms with Gasteiger partial charge in [0.1, 0.15) is 0 Å². The van der Waals surface area contributed by atoms with Crippen LogP contribution in [0.1, 0.15) is 25.7 Å². The lowest BCUT2D eigenvalue weighted by Crippen LogP contribution is -2.43. The van der Waals surface area contributed by atoms with Gasteiger partial charge in [-0.05, 0) is 25.5 Å². The molecule has 5 heteroatoms. The van der Waals surface area contributed by atoms with Crippen molar-refractivity contribution >= 4 is 0 Å². The Hall–Kier alpha value is -0.910. The third-order valence-corrected chi connectivity index (χ3v) is 3.47. The fourth-order valence-corrected chi connectivity index (χ4v) is 2.58. The predicted octanol–water partition coefficient (Wildman–Crippen LogP) is 0.447. The molecule has 1 saturated heterocycles. The number of hydrogen-bond acceptors (Lipinski definition) is 4. The topological polar surface area (TPSA) is 67.3 Å². The van der Waals surface area contributed by atoms with Gasteiger partial charge in [0.15, 0.2) is 0 Å². The minimum atomic E-state index is -0.378. The SMILES string of the molecule is NC1CCCCCN(CC(O)Cn2cccn2)C1.